The lowest BCUT2D eigenvalue weighted by molar-refractivity contribution is -0.134. The Morgan fingerprint density at radius 2 is 1.45 bits per heavy atom. The molecular formula is C29H24N2O6S3. The van der Waals surface area contributed by atoms with Gasteiger partial charge in [0.15, 0.2) is 0 Å². The lowest BCUT2D eigenvalue weighted by atomic mass is 10.1. The van der Waals surface area contributed by atoms with E-state index in [1.165, 1.54) is 29.4 Å². The first-order valence-corrected chi connectivity index (χ1v) is 14.8. The fourth-order valence-electron chi connectivity index (χ4n) is 3.41. The van der Waals surface area contributed by atoms with Gasteiger partial charge in [-0.1, -0.05) is 46.2 Å². The summed E-state index contributed by atoms with van der Waals surface area (Å²) in [6.07, 6.45) is 1.74. The van der Waals surface area contributed by atoms with Gasteiger partial charge in [-0.05, 0) is 84.8 Å². The van der Waals surface area contributed by atoms with Crippen LogP contribution in [0.2, 0.25) is 0 Å². The minimum Gasteiger partial charge on any atom is -0.427 e. The Hall–Kier alpha value is -4.06. The standard InChI is InChI=1S/C29H24N2O6S3/c1-3-4-5-27(33)37-25-15-10-21(31-30-20-8-13-22(14-9-20)35-18(2)32)16-24(25)29(34)36-23-11-6-19(7-12-23)26-17-28(38)40-39-26/h6-17H,3-5H2,1-2H3. The number of carbonyl (C=O) groups is 3. The summed E-state index contributed by atoms with van der Waals surface area (Å²) in [5, 5.41) is 8.37. The van der Waals surface area contributed by atoms with Crippen LogP contribution in [-0.2, 0) is 9.59 Å². The van der Waals surface area contributed by atoms with Gasteiger partial charge in [0, 0.05) is 18.2 Å². The Balaban J connectivity index is 1.55. The van der Waals surface area contributed by atoms with Gasteiger partial charge in [-0.15, -0.1) is 0 Å². The van der Waals surface area contributed by atoms with E-state index in [1.54, 1.807) is 52.8 Å². The van der Waals surface area contributed by atoms with Crippen LogP contribution < -0.4 is 14.2 Å². The molecule has 1 heterocycles. The smallest absolute Gasteiger partial charge is 0.347 e. The summed E-state index contributed by atoms with van der Waals surface area (Å²) >= 11 is 5.20. The number of rotatable bonds is 10. The fraction of sp³-hybridized carbons (Fsp3) is 0.172. The van der Waals surface area contributed by atoms with E-state index in [4.69, 9.17) is 26.4 Å². The zero-order valence-corrected chi connectivity index (χ0v) is 24.1. The number of hydrogen-bond donors (Lipinski definition) is 0. The van der Waals surface area contributed by atoms with Gasteiger partial charge in [-0.25, -0.2) is 4.79 Å². The van der Waals surface area contributed by atoms with E-state index in [0.29, 0.717) is 29.3 Å². The predicted molar refractivity (Wildman–Crippen MR) is 157 cm³/mol. The van der Waals surface area contributed by atoms with Gasteiger partial charge in [0.25, 0.3) is 0 Å². The molecule has 0 radical (unpaired) electrons. The second-order valence-electron chi connectivity index (χ2n) is 8.45. The highest BCUT2D eigenvalue weighted by Crippen LogP contribution is 2.32. The number of ether oxygens (including phenoxy) is 3. The molecule has 0 saturated carbocycles. The number of azo groups is 1. The van der Waals surface area contributed by atoms with Crippen LogP contribution >= 0.6 is 32.9 Å². The van der Waals surface area contributed by atoms with Crippen molar-refractivity contribution in [1.29, 1.82) is 0 Å². The maximum Gasteiger partial charge on any atom is 0.347 e. The molecule has 3 aromatic carbocycles. The number of esters is 3. The molecule has 0 saturated heterocycles. The molecule has 0 atom stereocenters. The maximum absolute atomic E-state index is 13.2. The summed E-state index contributed by atoms with van der Waals surface area (Å²) in [5.74, 6) is -0.782. The van der Waals surface area contributed by atoms with E-state index >= 15 is 0 Å². The Labute approximate surface area is 243 Å². The van der Waals surface area contributed by atoms with Crippen LogP contribution in [-0.4, -0.2) is 17.9 Å². The van der Waals surface area contributed by atoms with Gasteiger partial charge < -0.3 is 14.2 Å². The number of unbranched alkanes of at least 4 members (excludes halogenated alkanes) is 1. The van der Waals surface area contributed by atoms with Gasteiger partial charge in [0.05, 0.1) is 11.4 Å². The third kappa shape index (κ3) is 8.22. The van der Waals surface area contributed by atoms with E-state index in [2.05, 4.69) is 10.2 Å². The second-order valence-corrected chi connectivity index (χ2v) is 11.4. The van der Waals surface area contributed by atoms with Crippen molar-refractivity contribution in [1.82, 2.24) is 0 Å². The SMILES string of the molecule is CCCCC(=O)Oc1ccc(N=Nc2ccc(OC(C)=O)cc2)cc1C(=O)Oc1ccc(-c2cc(=S)ss2)cc1. The summed E-state index contributed by atoms with van der Waals surface area (Å²) in [6.45, 7) is 3.29. The first kappa shape index (κ1) is 28.9. The van der Waals surface area contributed by atoms with Crippen molar-refractivity contribution in [3.63, 3.8) is 0 Å². The Morgan fingerprint density at radius 3 is 2.10 bits per heavy atom. The lowest BCUT2D eigenvalue weighted by Gasteiger charge is -2.11. The minimum atomic E-state index is -0.708. The average molecular weight is 593 g/mol. The summed E-state index contributed by atoms with van der Waals surface area (Å²) in [4.78, 5) is 37.7. The van der Waals surface area contributed by atoms with Crippen LogP contribution in [0.25, 0.3) is 10.4 Å². The summed E-state index contributed by atoms with van der Waals surface area (Å²) in [6, 6.07) is 20.0. The Morgan fingerprint density at radius 1 is 0.800 bits per heavy atom. The molecule has 0 unspecified atom stereocenters. The fourth-order valence-corrected chi connectivity index (χ4v) is 5.81. The summed E-state index contributed by atoms with van der Waals surface area (Å²) in [5.41, 5.74) is 1.85. The number of nitrogens with zero attached hydrogens (tertiary/aromatic N) is 2. The molecule has 8 nitrogen and oxygen atoms in total. The van der Waals surface area contributed by atoms with Crippen LogP contribution in [0.4, 0.5) is 11.4 Å². The van der Waals surface area contributed by atoms with Crippen LogP contribution in [0.3, 0.4) is 0 Å². The van der Waals surface area contributed by atoms with Gasteiger partial charge in [0.2, 0.25) is 0 Å². The molecule has 0 bridgehead atoms. The molecule has 204 valence electrons. The molecule has 0 N–H and O–H groups in total. The van der Waals surface area contributed by atoms with Crippen molar-refractivity contribution in [3.05, 3.63) is 82.2 Å². The van der Waals surface area contributed by atoms with Gasteiger partial charge in [-0.3, -0.25) is 9.59 Å². The van der Waals surface area contributed by atoms with Crippen LogP contribution in [0.1, 0.15) is 43.5 Å². The maximum atomic E-state index is 13.2. The Kier molecular flexibility index (Phi) is 10.0. The second kappa shape index (κ2) is 13.8. The highest BCUT2D eigenvalue weighted by molar-refractivity contribution is 7.80. The molecule has 4 aromatic rings. The predicted octanol–water partition coefficient (Wildman–Crippen LogP) is 8.86. The van der Waals surface area contributed by atoms with Crippen molar-refractivity contribution in [3.8, 4) is 27.7 Å². The summed E-state index contributed by atoms with van der Waals surface area (Å²) in [7, 11) is 3.11. The van der Waals surface area contributed by atoms with Gasteiger partial charge >= 0.3 is 17.9 Å². The van der Waals surface area contributed by atoms with E-state index in [0.717, 1.165) is 20.7 Å². The number of benzene rings is 3. The first-order valence-electron chi connectivity index (χ1n) is 12.3. The zero-order valence-electron chi connectivity index (χ0n) is 21.6. The van der Waals surface area contributed by atoms with Crippen molar-refractivity contribution in [2.24, 2.45) is 10.2 Å². The highest BCUT2D eigenvalue weighted by Gasteiger charge is 2.19. The molecule has 1 aromatic heterocycles. The van der Waals surface area contributed by atoms with E-state index in [9.17, 15) is 14.4 Å². The van der Waals surface area contributed by atoms with Gasteiger partial charge in [0.1, 0.15) is 26.6 Å². The number of carbonyl (C=O) groups excluding carboxylic acids is 3. The average Bonchev–Trinajstić information content (AvgIpc) is 3.38. The molecule has 40 heavy (non-hydrogen) atoms. The van der Waals surface area contributed by atoms with E-state index in [-0.39, 0.29) is 17.7 Å². The first-order chi connectivity index (χ1) is 19.3. The van der Waals surface area contributed by atoms with E-state index in [1.807, 2.05) is 25.1 Å². The molecule has 0 amide bonds. The topological polar surface area (TPSA) is 104 Å². The molecule has 0 aliphatic carbocycles. The number of hydrogen-bond acceptors (Lipinski definition) is 11. The third-order valence-corrected chi connectivity index (χ3v) is 8.24. The normalized spacial score (nSPS) is 10.8. The molecular weight excluding hydrogens is 569 g/mol. The largest absolute Gasteiger partial charge is 0.427 e. The molecule has 0 fully saturated rings. The molecule has 11 heteroatoms. The molecule has 0 aliphatic heterocycles. The highest BCUT2D eigenvalue weighted by atomic mass is 32.9. The zero-order chi connectivity index (χ0) is 28.5. The van der Waals surface area contributed by atoms with Crippen LogP contribution in [0.5, 0.6) is 17.2 Å². The van der Waals surface area contributed by atoms with E-state index < -0.39 is 17.9 Å². The lowest BCUT2D eigenvalue weighted by Crippen LogP contribution is -2.14. The van der Waals surface area contributed by atoms with Crippen molar-refractivity contribution < 1.29 is 28.6 Å². The minimum absolute atomic E-state index is 0.0337. The van der Waals surface area contributed by atoms with Crippen molar-refractivity contribution in [2.75, 3.05) is 0 Å². The third-order valence-electron chi connectivity index (χ3n) is 5.33. The molecule has 4 rings (SSSR count). The Bertz CT molecular complexity index is 1590. The van der Waals surface area contributed by atoms with Gasteiger partial charge in [-0.2, -0.15) is 10.2 Å². The summed E-state index contributed by atoms with van der Waals surface area (Å²) < 4.78 is 16.9. The molecule has 0 spiro atoms. The monoisotopic (exact) mass is 592 g/mol. The quantitative estimate of drug-likeness (QED) is 0.0595. The van der Waals surface area contributed by atoms with Crippen LogP contribution in [0.15, 0.2) is 83.0 Å². The van der Waals surface area contributed by atoms with Crippen LogP contribution in [0, 0.1) is 3.82 Å². The van der Waals surface area contributed by atoms with Crippen molar-refractivity contribution in [2.45, 2.75) is 33.1 Å². The van der Waals surface area contributed by atoms with Crippen molar-refractivity contribution >= 4 is 62.2 Å². The molecule has 0 aliphatic rings.